The van der Waals surface area contributed by atoms with Crippen LogP contribution in [0.3, 0.4) is 0 Å². The molecule has 2 nitrogen and oxygen atoms in total. The molecule has 0 atom stereocenters. The van der Waals surface area contributed by atoms with E-state index in [0.29, 0.717) is 0 Å². The van der Waals surface area contributed by atoms with Gasteiger partial charge in [-0.3, -0.25) is 0 Å². The highest BCUT2D eigenvalue weighted by atomic mass is 14.6. The maximum absolute atomic E-state index is 6.75. The fourth-order valence-electron chi connectivity index (χ4n) is 0.600. The van der Waals surface area contributed by atoms with Crippen LogP contribution in [0, 0.1) is 5.41 Å². The molecule has 0 fully saturated rings. The third kappa shape index (κ3) is 4.14. The smallest absolute Gasteiger partial charge is 0.0340 e. The van der Waals surface area contributed by atoms with E-state index in [-0.39, 0.29) is 0 Å². The van der Waals surface area contributed by atoms with Gasteiger partial charge in [-0.25, -0.2) is 0 Å². The van der Waals surface area contributed by atoms with Crippen LogP contribution in [0.4, 0.5) is 0 Å². The van der Waals surface area contributed by atoms with Gasteiger partial charge < -0.3 is 11.1 Å². The van der Waals surface area contributed by atoms with Crippen LogP contribution in [-0.4, -0.2) is 6.21 Å². The third-order valence-corrected chi connectivity index (χ3v) is 1.24. The minimum absolute atomic E-state index is 0.741. The highest BCUT2D eigenvalue weighted by Gasteiger charge is 1.86. The predicted molar refractivity (Wildman–Crippen MR) is 49.6 cm³/mol. The molecule has 0 amide bonds. The summed E-state index contributed by atoms with van der Waals surface area (Å²) in [6.07, 6.45) is 8.40. The van der Waals surface area contributed by atoms with E-state index in [2.05, 4.69) is 0 Å². The second-order valence-corrected chi connectivity index (χ2v) is 2.16. The third-order valence-electron chi connectivity index (χ3n) is 1.24. The van der Waals surface area contributed by atoms with Crippen molar-refractivity contribution in [3.05, 3.63) is 35.6 Å². The summed E-state index contributed by atoms with van der Waals surface area (Å²) in [4.78, 5) is 0. The molecule has 2 heteroatoms. The van der Waals surface area contributed by atoms with Gasteiger partial charge in [-0.1, -0.05) is 12.2 Å². The van der Waals surface area contributed by atoms with Crippen molar-refractivity contribution < 1.29 is 0 Å². The Morgan fingerprint density at radius 1 is 1.36 bits per heavy atom. The minimum atomic E-state index is 0.741. The molecule has 0 bridgehead atoms. The molecule has 0 aliphatic heterocycles. The van der Waals surface area contributed by atoms with Crippen molar-refractivity contribution in [1.29, 1.82) is 5.41 Å². The Morgan fingerprint density at radius 2 is 2.00 bits per heavy atom. The first-order valence-corrected chi connectivity index (χ1v) is 3.48. The summed E-state index contributed by atoms with van der Waals surface area (Å²) in [5, 5.41) is 6.75. The lowest BCUT2D eigenvalue weighted by atomic mass is 10.2. The van der Waals surface area contributed by atoms with Gasteiger partial charge in [0.25, 0.3) is 0 Å². The molecule has 0 aromatic heterocycles. The molecule has 0 unspecified atom stereocenters. The SMILES string of the molecule is C\C=C/C(N)=C(C)\C=C/C=N. The van der Waals surface area contributed by atoms with Crippen molar-refractivity contribution in [2.45, 2.75) is 13.8 Å². The second-order valence-electron chi connectivity index (χ2n) is 2.16. The fraction of sp³-hybridized carbons (Fsp3) is 0.222. The van der Waals surface area contributed by atoms with E-state index in [4.69, 9.17) is 11.1 Å². The molecule has 0 aliphatic carbocycles. The summed E-state index contributed by atoms with van der Waals surface area (Å²) in [6, 6.07) is 0. The molecule has 0 radical (unpaired) electrons. The van der Waals surface area contributed by atoms with Gasteiger partial charge in [-0.05, 0) is 31.6 Å². The van der Waals surface area contributed by atoms with Crippen LogP contribution in [0.1, 0.15) is 13.8 Å². The Morgan fingerprint density at radius 3 is 2.45 bits per heavy atom. The number of rotatable bonds is 3. The maximum Gasteiger partial charge on any atom is 0.0340 e. The predicted octanol–water partition coefficient (Wildman–Crippen LogP) is 2.00. The number of nitrogens with two attached hydrogens (primary N) is 1. The van der Waals surface area contributed by atoms with Crippen LogP contribution in [0.25, 0.3) is 0 Å². The fourth-order valence-corrected chi connectivity index (χ4v) is 0.600. The normalized spacial score (nSPS) is 14.0. The van der Waals surface area contributed by atoms with E-state index in [9.17, 15) is 0 Å². The lowest BCUT2D eigenvalue weighted by Crippen LogP contribution is -1.95. The Labute approximate surface area is 67.6 Å². The minimum Gasteiger partial charge on any atom is -0.399 e. The van der Waals surface area contributed by atoms with Crippen molar-refractivity contribution in [3.63, 3.8) is 0 Å². The van der Waals surface area contributed by atoms with Gasteiger partial charge in [0.05, 0.1) is 0 Å². The molecule has 3 N–H and O–H groups in total. The Kier molecular flexibility index (Phi) is 4.82. The molecule has 0 saturated carbocycles. The standard InChI is InChI=1S/C9H14N2/c1-3-5-9(11)8(2)6-4-7-10/h3-7,10H,11H2,1-2H3/b5-3-,6-4-,9-8+,10-7?. The van der Waals surface area contributed by atoms with Crippen LogP contribution < -0.4 is 5.73 Å². The van der Waals surface area contributed by atoms with Crippen LogP contribution in [0.5, 0.6) is 0 Å². The first-order chi connectivity index (χ1) is 5.22. The van der Waals surface area contributed by atoms with E-state index >= 15 is 0 Å². The zero-order chi connectivity index (χ0) is 8.69. The van der Waals surface area contributed by atoms with Crippen LogP contribution in [0.2, 0.25) is 0 Å². The number of hydrogen-bond donors (Lipinski definition) is 2. The van der Waals surface area contributed by atoms with Gasteiger partial charge in [0, 0.05) is 11.9 Å². The van der Waals surface area contributed by atoms with Gasteiger partial charge in [0.15, 0.2) is 0 Å². The van der Waals surface area contributed by atoms with E-state index in [1.807, 2.05) is 32.1 Å². The lowest BCUT2D eigenvalue weighted by molar-refractivity contribution is 1.32. The molecule has 0 aromatic rings. The van der Waals surface area contributed by atoms with Gasteiger partial charge in [0.1, 0.15) is 0 Å². The second kappa shape index (κ2) is 5.47. The Balaban J connectivity index is 4.38. The zero-order valence-electron chi connectivity index (χ0n) is 6.96. The van der Waals surface area contributed by atoms with Crippen LogP contribution in [-0.2, 0) is 0 Å². The number of nitrogens with one attached hydrogen (secondary N) is 1. The van der Waals surface area contributed by atoms with Gasteiger partial charge >= 0.3 is 0 Å². The summed E-state index contributed by atoms with van der Waals surface area (Å²) in [5.74, 6) is 0. The first kappa shape index (κ1) is 9.69. The van der Waals surface area contributed by atoms with Crippen molar-refractivity contribution in [3.8, 4) is 0 Å². The van der Waals surface area contributed by atoms with Gasteiger partial charge in [0.2, 0.25) is 0 Å². The molecule has 0 aliphatic rings. The molecular formula is C9H14N2. The summed E-state index contributed by atoms with van der Waals surface area (Å²) in [7, 11) is 0. The number of allylic oxidation sites excluding steroid dienone is 5. The quantitative estimate of drug-likeness (QED) is 0.469. The summed E-state index contributed by atoms with van der Waals surface area (Å²) < 4.78 is 0. The zero-order valence-corrected chi connectivity index (χ0v) is 6.96. The largest absolute Gasteiger partial charge is 0.399 e. The highest BCUT2D eigenvalue weighted by Crippen LogP contribution is 2.00. The van der Waals surface area contributed by atoms with Gasteiger partial charge in [-0.15, -0.1) is 0 Å². The van der Waals surface area contributed by atoms with Crippen molar-refractivity contribution in [1.82, 2.24) is 0 Å². The van der Waals surface area contributed by atoms with E-state index in [1.54, 1.807) is 6.08 Å². The molecule has 60 valence electrons. The summed E-state index contributed by atoms with van der Waals surface area (Å²) in [6.45, 7) is 3.83. The monoisotopic (exact) mass is 150 g/mol. The molecule has 0 aromatic carbocycles. The summed E-state index contributed by atoms with van der Waals surface area (Å²) in [5.41, 5.74) is 7.35. The van der Waals surface area contributed by atoms with E-state index in [0.717, 1.165) is 11.3 Å². The lowest BCUT2D eigenvalue weighted by Gasteiger charge is -1.95. The average Bonchev–Trinajstić information content (AvgIpc) is 2.00. The maximum atomic E-state index is 6.75. The Bertz CT molecular complexity index is 210. The van der Waals surface area contributed by atoms with Crippen LogP contribution >= 0.6 is 0 Å². The molecular weight excluding hydrogens is 136 g/mol. The average molecular weight is 150 g/mol. The highest BCUT2D eigenvalue weighted by molar-refractivity contribution is 5.68. The van der Waals surface area contributed by atoms with Crippen molar-refractivity contribution >= 4 is 6.21 Å². The molecule has 0 rings (SSSR count). The van der Waals surface area contributed by atoms with E-state index in [1.165, 1.54) is 6.21 Å². The van der Waals surface area contributed by atoms with Crippen molar-refractivity contribution in [2.24, 2.45) is 5.73 Å². The summed E-state index contributed by atoms with van der Waals surface area (Å²) >= 11 is 0. The molecule has 0 saturated heterocycles. The Hall–Kier alpha value is -1.31. The van der Waals surface area contributed by atoms with E-state index < -0.39 is 0 Å². The van der Waals surface area contributed by atoms with Gasteiger partial charge in [-0.2, -0.15) is 0 Å². The number of hydrogen-bond acceptors (Lipinski definition) is 2. The first-order valence-electron chi connectivity index (χ1n) is 3.48. The molecule has 0 spiro atoms. The van der Waals surface area contributed by atoms with Crippen LogP contribution in [0.15, 0.2) is 35.6 Å². The molecule has 11 heavy (non-hydrogen) atoms. The molecule has 0 heterocycles. The van der Waals surface area contributed by atoms with Crippen molar-refractivity contribution in [2.75, 3.05) is 0 Å². The topological polar surface area (TPSA) is 49.9 Å².